The van der Waals surface area contributed by atoms with Crippen LogP contribution in [0.5, 0.6) is 5.75 Å². The van der Waals surface area contributed by atoms with Crippen LogP contribution in [0.15, 0.2) is 71.7 Å². The van der Waals surface area contributed by atoms with Gasteiger partial charge >= 0.3 is 0 Å². The van der Waals surface area contributed by atoms with Crippen LogP contribution in [-0.2, 0) is 6.61 Å². The first kappa shape index (κ1) is 17.2. The highest BCUT2D eigenvalue weighted by molar-refractivity contribution is 6.30. The maximum atomic E-state index is 13.1. The lowest BCUT2D eigenvalue weighted by Crippen LogP contribution is -1.96. The Morgan fingerprint density at radius 2 is 1.84 bits per heavy atom. The summed E-state index contributed by atoms with van der Waals surface area (Å²) in [5, 5.41) is 0.666. The number of aryl methyl sites for hydroxylation is 1. The molecule has 0 aliphatic rings. The summed E-state index contributed by atoms with van der Waals surface area (Å²) in [4.78, 5) is 4.48. The van der Waals surface area contributed by atoms with Gasteiger partial charge in [0.1, 0.15) is 18.2 Å². The average Bonchev–Trinajstić information content (AvgIpc) is 2.62. The Morgan fingerprint density at radius 3 is 2.60 bits per heavy atom. The zero-order valence-electron chi connectivity index (χ0n) is 13.7. The predicted octanol–water partition coefficient (Wildman–Crippen LogP) is 6.12. The van der Waals surface area contributed by atoms with Gasteiger partial charge in [0, 0.05) is 11.2 Å². The minimum atomic E-state index is -0.260. The molecule has 3 rings (SSSR count). The second-order valence-electron chi connectivity index (χ2n) is 5.68. The van der Waals surface area contributed by atoms with Crippen LogP contribution in [0.2, 0.25) is 5.02 Å². The van der Waals surface area contributed by atoms with Crippen LogP contribution in [0.1, 0.15) is 16.7 Å². The van der Waals surface area contributed by atoms with Gasteiger partial charge in [0.25, 0.3) is 0 Å². The molecule has 0 amide bonds. The number of halogens is 2. The topological polar surface area (TPSA) is 21.6 Å². The van der Waals surface area contributed by atoms with Gasteiger partial charge < -0.3 is 4.74 Å². The first-order chi connectivity index (χ1) is 12.1. The van der Waals surface area contributed by atoms with E-state index >= 15 is 0 Å². The molecule has 2 nitrogen and oxygen atoms in total. The fourth-order valence-corrected chi connectivity index (χ4v) is 2.48. The third-order valence-electron chi connectivity index (χ3n) is 3.70. The summed E-state index contributed by atoms with van der Waals surface area (Å²) in [7, 11) is 0. The summed E-state index contributed by atoms with van der Waals surface area (Å²) < 4.78 is 18.8. The molecule has 3 aromatic carbocycles. The zero-order chi connectivity index (χ0) is 17.6. The molecule has 0 saturated carbocycles. The molecule has 0 N–H and O–H groups in total. The lowest BCUT2D eigenvalue weighted by atomic mass is 10.2. The third-order valence-corrected chi connectivity index (χ3v) is 3.93. The Balaban J connectivity index is 1.64. The Kier molecular flexibility index (Phi) is 5.46. The molecule has 0 heterocycles. The molecular weight excluding hydrogens is 337 g/mol. The number of nitrogens with zero attached hydrogens (tertiary/aromatic N) is 1. The number of benzene rings is 3. The van der Waals surface area contributed by atoms with Crippen LogP contribution in [0.25, 0.3) is 0 Å². The van der Waals surface area contributed by atoms with Crippen LogP contribution < -0.4 is 4.74 Å². The van der Waals surface area contributed by atoms with Crippen molar-refractivity contribution in [1.29, 1.82) is 0 Å². The van der Waals surface area contributed by atoms with Crippen LogP contribution >= 0.6 is 11.6 Å². The molecule has 0 aliphatic heterocycles. The summed E-state index contributed by atoms with van der Waals surface area (Å²) in [6, 6.07) is 19.6. The number of hydrogen-bond donors (Lipinski definition) is 0. The van der Waals surface area contributed by atoms with Crippen LogP contribution in [0.4, 0.5) is 10.1 Å². The zero-order valence-corrected chi connectivity index (χ0v) is 14.5. The van der Waals surface area contributed by atoms with Crippen molar-refractivity contribution in [2.75, 3.05) is 0 Å². The van der Waals surface area contributed by atoms with Gasteiger partial charge in [0.05, 0.1) is 5.69 Å². The summed E-state index contributed by atoms with van der Waals surface area (Å²) in [6.07, 6.45) is 1.79. The molecule has 3 aromatic rings. The van der Waals surface area contributed by atoms with Gasteiger partial charge in [-0.25, -0.2) is 4.39 Å². The van der Waals surface area contributed by atoms with Crippen molar-refractivity contribution in [3.63, 3.8) is 0 Å². The standard InChI is InChI=1S/C21H17ClFNO/c1-15-5-8-18(22)12-21(15)24-13-16-6-9-20(10-7-16)25-14-17-3-2-4-19(23)11-17/h2-13H,14H2,1H3. The predicted molar refractivity (Wildman–Crippen MR) is 101 cm³/mol. The summed E-state index contributed by atoms with van der Waals surface area (Å²) in [5.74, 6) is 0.462. The van der Waals surface area contributed by atoms with Gasteiger partial charge in [-0.1, -0.05) is 29.8 Å². The molecule has 25 heavy (non-hydrogen) atoms. The lowest BCUT2D eigenvalue weighted by Gasteiger charge is -2.06. The van der Waals surface area contributed by atoms with Crippen LogP contribution in [0, 0.1) is 12.7 Å². The molecule has 0 unspecified atom stereocenters. The highest BCUT2D eigenvalue weighted by Crippen LogP contribution is 2.23. The van der Waals surface area contributed by atoms with Crippen molar-refractivity contribution in [2.45, 2.75) is 13.5 Å². The van der Waals surface area contributed by atoms with Crippen molar-refractivity contribution >= 4 is 23.5 Å². The van der Waals surface area contributed by atoms with E-state index in [0.29, 0.717) is 11.6 Å². The van der Waals surface area contributed by atoms with Crippen molar-refractivity contribution in [3.8, 4) is 5.75 Å². The molecule has 0 aromatic heterocycles. The molecule has 0 aliphatic carbocycles. The lowest BCUT2D eigenvalue weighted by molar-refractivity contribution is 0.305. The van der Waals surface area contributed by atoms with Crippen LogP contribution in [0.3, 0.4) is 0 Å². The molecule has 0 bridgehead atoms. The molecule has 4 heteroatoms. The quantitative estimate of drug-likeness (QED) is 0.506. The largest absolute Gasteiger partial charge is 0.489 e. The first-order valence-electron chi connectivity index (χ1n) is 7.88. The Morgan fingerprint density at radius 1 is 1.04 bits per heavy atom. The molecule has 0 saturated heterocycles. The maximum absolute atomic E-state index is 13.1. The van der Waals surface area contributed by atoms with Gasteiger partial charge in [-0.15, -0.1) is 0 Å². The molecule has 0 atom stereocenters. The van der Waals surface area contributed by atoms with E-state index in [9.17, 15) is 4.39 Å². The van der Waals surface area contributed by atoms with E-state index in [0.717, 1.165) is 28.1 Å². The van der Waals surface area contributed by atoms with E-state index < -0.39 is 0 Å². The fraction of sp³-hybridized carbons (Fsp3) is 0.0952. The molecule has 0 fully saturated rings. The summed E-state index contributed by atoms with van der Waals surface area (Å²) in [6.45, 7) is 2.32. The number of aliphatic imine (C=N–C) groups is 1. The molecule has 126 valence electrons. The van der Waals surface area contributed by atoms with E-state index in [-0.39, 0.29) is 5.82 Å². The fourth-order valence-electron chi connectivity index (χ4n) is 2.31. The Labute approximate surface area is 151 Å². The molecule has 0 spiro atoms. The van der Waals surface area contributed by atoms with Crippen molar-refractivity contribution in [3.05, 3.63) is 94.3 Å². The SMILES string of the molecule is Cc1ccc(Cl)cc1N=Cc1ccc(OCc2cccc(F)c2)cc1. The van der Waals surface area contributed by atoms with E-state index in [4.69, 9.17) is 16.3 Å². The highest BCUT2D eigenvalue weighted by atomic mass is 35.5. The van der Waals surface area contributed by atoms with Gasteiger partial charge in [-0.2, -0.15) is 0 Å². The first-order valence-corrected chi connectivity index (χ1v) is 8.25. The minimum absolute atomic E-state index is 0.260. The molecule has 0 radical (unpaired) electrons. The molecular formula is C21H17ClFNO. The second kappa shape index (κ2) is 7.95. The van der Waals surface area contributed by atoms with Crippen molar-refractivity contribution < 1.29 is 9.13 Å². The maximum Gasteiger partial charge on any atom is 0.123 e. The summed E-state index contributed by atoms with van der Waals surface area (Å²) in [5.41, 5.74) is 3.66. The van der Waals surface area contributed by atoms with Gasteiger partial charge in [0.15, 0.2) is 0 Å². The van der Waals surface area contributed by atoms with E-state index in [2.05, 4.69) is 4.99 Å². The van der Waals surface area contributed by atoms with E-state index in [1.807, 2.05) is 55.5 Å². The smallest absolute Gasteiger partial charge is 0.123 e. The Bertz CT molecular complexity index is 891. The monoisotopic (exact) mass is 353 g/mol. The number of ether oxygens (including phenoxy) is 1. The average molecular weight is 354 g/mol. The summed E-state index contributed by atoms with van der Waals surface area (Å²) >= 11 is 6.00. The van der Waals surface area contributed by atoms with Gasteiger partial charge in [-0.3, -0.25) is 4.99 Å². The van der Waals surface area contributed by atoms with Crippen molar-refractivity contribution in [2.24, 2.45) is 4.99 Å². The van der Waals surface area contributed by atoms with E-state index in [1.54, 1.807) is 12.3 Å². The van der Waals surface area contributed by atoms with Crippen LogP contribution in [-0.4, -0.2) is 6.21 Å². The van der Waals surface area contributed by atoms with Gasteiger partial charge in [0.2, 0.25) is 0 Å². The normalized spacial score (nSPS) is 11.0. The number of rotatable bonds is 5. The number of hydrogen-bond acceptors (Lipinski definition) is 2. The highest BCUT2D eigenvalue weighted by Gasteiger charge is 1.99. The second-order valence-corrected chi connectivity index (χ2v) is 6.11. The van der Waals surface area contributed by atoms with Crippen molar-refractivity contribution in [1.82, 2.24) is 0 Å². The minimum Gasteiger partial charge on any atom is -0.489 e. The third kappa shape index (κ3) is 4.91. The van der Waals surface area contributed by atoms with Gasteiger partial charge in [-0.05, 0) is 72.1 Å². The van der Waals surface area contributed by atoms with E-state index in [1.165, 1.54) is 12.1 Å². The Hall–Kier alpha value is -2.65.